The first-order valence-corrected chi connectivity index (χ1v) is 9.96. The van der Waals surface area contributed by atoms with Gasteiger partial charge in [-0.25, -0.2) is 4.79 Å². The Balaban J connectivity index is 1.79. The summed E-state index contributed by atoms with van der Waals surface area (Å²) in [5.41, 5.74) is 4.50. The molecule has 1 saturated heterocycles. The van der Waals surface area contributed by atoms with Gasteiger partial charge in [-0.15, -0.1) is 0 Å². The van der Waals surface area contributed by atoms with Crippen molar-refractivity contribution in [2.75, 3.05) is 27.0 Å². The topological polar surface area (TPSA) is 43.7 Å². The number of nitrogens with zero attached hydrogens (tertiary/aromatic N) is 2. The lowest BCUT2D eigenvalue weighted by atomic mass is 9.66. The number of carbonyl (C=O) groups is 1. The second-order valence-electron chi connectivity index (χ2n) is 7.96. The average Bonchev–Trinajstić information content (AvgIpc) is 3.05. The zero-order valence-corrected chi connectivity index (χ0v) is 16.0. The number of methoxy groups -OCH3 is 1. The highest BCUT2D eigenvalue weighted by molar-refractivity contribution is 6.13. The van der Waals surface area contributed by atoms with E-state index in [9.17, 15) is 4.79 Å². The molecule has 3 aliphatic rings. The van der Waals surface area contributed by atoms with E-state index >= 15 is 0 Å². The van der Waals surface area contributed by atoms with E-state index in [-0.39, 0.29) is 18.2 Å². The molecule has 5 nitrogen and oxygen atoms in total. The molecule has 2 aromatic rings. The van der Waals surface area contributed by atoms with Crippen molar-refractivity contribution < 1.29 is 14.3 Å². The summed E-state index contributed by atoms with van der Waals surface area (Å²) in [4.78, 5) is 15.6. The number of aromatic nitrogens is 1. The molecule has 0 bridgehead atoms. The third-order valence-electron chi connectivity index (χ3n) is 6.77. The van der Waals surface area contributed by atoms with Crippen molar-refractivity contribution in [2.45, 2.75) is 38.6 Å². The number of para-hydroxylation sites is 1. The summed E-state index contributed by atoms with van der Waals surface area (Å²) in [6.45, 7) is 4.48. The minimum Gasteiger partial charge on any atom is -0.434 e. The minimum absolute atomic E-state index is 0.000773. The van der Waals surface area contributed by atoms with Crippen LogP contribution in [0.5, 0.6) is 0 Å². The molecule has 0 N–H and O–H groups in total. The highest BCUT2D eigenvalue weighted by Gasteiger charge is 2.51. The van der Waals surface area contributed by atoms with Gasteiger partial charge >= 0.3 is 5.97 Å². The summed E-state index contributed by atoms with van der Waals surface area (Å²) in [6, 6.07) is 8.82. The van der Waals surface area contributed by atoms with E-state index in [1.165, 1.54) is 30.2 Å². The van der Waals surface area contributed by atoms with Crippen LogP contribution in [0.3, 0.4) is 0 Å². The number of carbonyl (C=O) groups excluding carboxylic acids is 1. The van der Waals surface area contributed by atoms with Gasteiger partial charge in [0, 0.05) is 30.1 Å². The summed E-state index contributed by atoms with van der Waals surface area (Å²) in [6.07, 6.45) is 6.58. The molecule has 1 aromatic heterocycles. The van der Waals surface area contributed by atoms with Crippen molar-refractivity contribution in [1.82, 2.24) is 9.47 Å². The van der Waals surface area contributed by atoms with E-state index in [0.29, 0.717) is 11.7 Å². The number of ether oxygens (including phenoxy) is 2. The molecule has 4 heterocycles. The van der Waals surface area contributed by atoms with Crippen LogP contribution >= 0.6 is 0 Å². The number of hydrogen-bond acceptors (Lipinski definition) is 4. The number of rotatable bonds is 4. The third-order valence-corrected chi connectivity index (χ3v) is 6.77. The van der Waals surface area contributed by atoms with Crippen molar-refractivity contribution in [3.63, 3.8) is 0 Å². The Bertz CT molecular complexity index is 944. The number of esters is 1. The van der Waals surface area contributed by atoms with Crippen molar-refractivity contribution in [3.05, 3.63) is 41.6 Å². The maximum Gasteiger partial charge on any atom is 0.357 e. The molecule has 27 heavy (non-hydrogen) atoms. The number of fused-ring (bicyclic) bond motifs is 3. The molecular formula is C22H26N2O3. The molecule has 1 aromatic carbocycles. The highest BCUT2D eigenvalue weighted by Crippen LogP contribution is 2.57. The lowest BCUT2D eigenvalue weighted by molar-refractivity contribution is -0.147. The molecule has 0 aliphatic carbocycles. The van der Waals surface area contributed by atoms with Crippen LogP contribution in [0.15, 0.2) is 30.3 Å². The predicted octanol–water partition coefficient (Wildman–Crippen LogP) is 3.73. The van der Waals surface area contributed by atoms with Crippen LogP contribution in [0, 0.1) is 5.41 Å². The van der Waals surface area contributed by atoms with Gasteiger partial charge in [0.2, 0.25) is 0 Å². The van der Waals surface area contributed by atoms with Gasteiger partial charge in [-0.3, -0.25) is 4.90 Å². The summed E-state index contributed by atoms with van der Waals surface area (Å²) in [5, 5.41) is 1.27. The summed E-state index contributed by atoms with van der Waals surface area (Å²) in [7, 11) is 1.54. The fourth-order valence-corrected chi connectivity index (χ4v) is 5.62. The smallest absolute Gasteiger partial charge is 0.357 e. The highest BCUT2D eigenvalue weighted by atomic mass is 16.7. The average molecular weight is 366 g/mol. The zero-order valence-electron chi connectivity index (χ0n) is 16.0. The van der Waals surface area contributed by atoms with E-state index in [4.69, 9.17) is 9.47 Å². The summed E-state index contributed by atoms with van der Waals surface area (Å²) in [5.74, 6) is -0.297. The molecule has 142 valence electrons. The summed E-state index contributed by atoms with van der Waals surface area (Å²) < 4.78 is 12.6. The number of hydrogen-bond donors (Lipinski definition) is 0. The van der Waals surface area contributed by atoms with Gasteiger partial charge in [0.25, 0.3) is 0 Å². The Hall–Kier alpha value is -2.11. The van der Waals surface area contributed by atoms with E-state index in [0.717, 1.165) is 37.9 Å². The normalized spacial score (nSPS) is 26.6. The Kier molecular flexibility index (Phi) is 3.92. The second-order valence-corrected chi connectivity index (χ2v) is 7.96. The Labute approximate surface area is 159 Å². The molecule has 5 rings (SSSR count). The third kappa shape index (κ3) is 2.28. The standard InChI is InChI=1S/C22H26N2O3/c1-3-22-10-6-11-23-12-9-16-15-7-4-5-8-17(15)24(19(16)20(22)23)18(13-22)21(25)27-14-26-2/h4-5,7-8,13,20H,3,6,9-12,14H2,1-2H3/t20-,22+/m1/s1. The maximum atomic E-state index is 13.0. The fraction of sp³-hybridized carbons (Fsp3) is 0.500. The van der Waals surface area contributed by atoms with Crippen LogP contribution < -0.4 is 0 Å². The van der Waals surface area contributed by atoms with Gasteiger partial charge in [-0.05, 0) is 49.9 Å². The SMILES string of the molecule is CC[C@@]12C=C(C(=O)OCOC)n3c4c(c5ccccc53)CCN(CCC1)[C@H]42. The van der Waals surface area contributed by atoms with E-state index < -0.39 is 0 Å². The van der Waals surface area contributed by atoms with Crippen molar-refractivity contribution >= 4 is 22.6 Å². The molecule has 0 amide bonds. The fourth-order valence-electron chi connectivity index (χ4n) is 5.62. The van der Waals surface area contributed by atoms with Crippen LogP contribution in [-0.4, -0.2) is 42.4 Å². The Morgan fingerprint density at radius 1 is 1.30 bits per heavy atom. The van der Waals surface area contributed by atoms with Crippen molar-refractivity contribution in [1.29, 1.82) is 0 Å². The van der Waals surface area contributed by atoms with E-state index in [1.807, 2.05) is 0 Å². The molecule has 0 unspecified atom stereocenters. The second kappa shape index (κ2) is 6.21. The zero-order chi connectivity index (χ0) is 18.6. The largest absolute Gasteiger partial charge is 0.434 e. The molecule has 2 atom stereocenters. The molecule has 0 radical (unpaired) electrons. The molecule has 0 saturated carbocycles. The van der Waals surface area contributed by atoms with Crippen LogP contribution in [0.1, 0.15) is 43.5 Å². The Morgan fingerprint density at radius 3 is 2.96 bits per heavy atom. The van der Waals surface area contributed by atoms with Crippen LogP contribution in [0.4, 0.5) is 0 Å². The lowest BCUT2D eigenvalue weighted by Crippen LogP contribution is -2.51. The van der Waals surface area contributed by atoms with Gasteiger partial charge in [0.15, 0.2) is 6.79 Å². The van der Waals surface area contributed by atoms with Gasteiger partial charge in [0.05, 0.1) is 11.6 Å². The lowest BCUT2D eigenvalue weighted by Gasteiger charge is -2.53. The quantitative estimate of drug-likeness (QED) is 0.611. The summed E-state index contributed by atoms with van der Waals surface area (Å²) >= 11 is 0. The molecule has 0 spiro atoms. The molecule has 3 aliphatic heterocycles. The predicted molar refractivity (Wildman–Crippen MR) is 104 cm³/mol. The van der Waals surface area contributed by atoms with Gasteiger partial charge in [-0.2, -0.15) is 0 Å². The van der Waals surface area contributed by atoms with Crippen molar-refractivity contribution in [2.24, 2.45) is 5.41 Å². The van der Waals surface area contributed by atoms with Gasteiger partial charge in [0.1, 0.15) is 5.70 Å². The first-order valence-electron chi connectivity index (χ1n) is 9.96. The first-order chi connectivity index (χ1) is 13.2. The molecule has 1 fully saturated rings. The van der Waals surface area contributed by atoms with Gasteiger partial charge in [-0.1, -0.05) is 25.1 Å². The minimum atomic E-state index is -0.297. The molecular weight excluding hydrogens is 340 g/mol. The van der Waals surface area contributed by atoms with E-state index in [2.05, 4.69) is 46.7 Å². The monoisotopic (exact) mass is 366 g/mol. The number of benzene rings is 1. The number of piperidine rings is 1. The van der Waals surface area contributed by atoms with Gasteiger partial charge < -0.3 is 14.0 Å². The Morgan fingerprint density at radius 2 is 2.15 bits per heavy atom. The first kappa shape index (κ1) is 17.0. The molecule has 5 heteroatoms. The maximum absolute atomic E-state index is 13.0. The van der Waals surface area contributed by atoms with Crippen LogP contribution in [-0.2, 0) is 20.7 Å². The van der Waals surface area contributed by atoms with Crippen molar-refractivity contribution in [3.8, 4) is 0 Å². The van der Waals surface area contributed by atoms with Crippen LogP contribution in [0.2, 0.25) is 0 Å². The van der Waals surface area contributed by atoms with Crippen LogP contribution in [0.25, 0.3) is 16.6 Å². The van der Waals surface area contributed by atoms with E-state index in [1.54, 1.807) is 0 Å².